The van der Waals surface area contributed by atoms with Crippen LogP contribution in [0.3, 0.4) is 0 Å². The Morgan fingerprint density at radius 3 is 1.35 bits per heavy atom. The first-order chi connectivity index (χ1) is 24.4. The van der Waals surface area contributed by atoms with E-state index in [0.29, 0.717) is 0 Å². The van der Waals surface area contributed by atoms with Crippen molar-refractivity contribution in [2.75, 3.05) is 0 Å². The molecule has 8 rings (SSSR count). The minimum absolute atomic E-state index is 0.0643. The molecular formula is C46H41IN4. The van der Waals surface area contributed by atoms with Crippen molar-refractivity contribution < 1.29 is 0 Å². The van der Waals surface area contributed by atoms with E-state index in [-0.39, 0.29) is 10.8 Å². The molecule has 5 heterocycles. The zero-order chi connectivity index (χ0) is 35.5. The molecule has 8 bridgehead atoms. The topological polar surface area (TPSA) is 57.4 Å². The zero-order valence-corrected chi connectivity index (χ0v) is 32.1. The van der Waals surface area contributed by atoms with Gasteiger partial charge in [0.15, 0.2) is 0 Å². The smallest absolute Gasteiger partial charge is 0.0737 e. The summed E-state index contributed by atoms with van der Waals surface area (Å²) in [5.41, 5.74) is 16.9. The number of halogens is 1. The standard InChI is InChI=1S/C46H41IN4/c1-45(2,3)31-13-7-28(8-14-31)42-36-21-19-34(48-36)27-35-20-22-37(49-35)43(29-9-15-32(16-10-29)46(4,5)6)39-24-26-41(51-39)44(40-25-23-38(42)50-40)30-11-17-33(47)18-12-30/h7-27,48,51H,1-6H3. The van der Waals surface area contributed by atoms with Crippen LogP contribution in [0, 0.1) is 3.57 Å². The second-order valence-electron chi connectivity index (χ2n) is 15.5. The molecule has 0 unspecified atom stereocenters. The number of benzene rings is 3. The molecule has 0 amide bonds. The maximum absolute atomic E-state index is 5.39. The van der Waals surface area contributed by atoms with E-state index in [1.54, 1.807) is 0 Å². The number of hydrogen-bond acceptors (Lipinski definition) is 2. The average molecular weight is 777 g/mol. The predicted molar refractivity (Wildman–Crippen MR) is 225 cm³/mol. The third-order valence-electron chi connectivity index (χ3n) is 9.79. The van der Waals surface area contributed by atoms with Gasteiger partial charge in [-0.3, -0.25) is 0 Å². The van der Waals surface area contributed by atoms with Crippen LogP contribution < -0.4 is 0 Å². The number of rotatable bonds is 3. The van der Waals surface area contributed by atoms with Crippen molar-refractivity contribution in [3.8, 4) is 33.4 Å². The minimum atomic E-state index is 0.0643. The molecule has 2 aliphatic heterocycles. The molecule has 2 aliphatic rings. The minimum Gasteiger partial charge on any atom is -0.355 e. The number of H-pyrrole nitrogens is 2. The van der Waals surface area contributed by atoms with Crippen molar-refractivity contribution >= 4 is 69.0 Å². The van der Waals surface area contributed by atoms with Gasteiger partial charge in [-0.1, -0.05) is 102 Å². The Morgan fingerprint density at radius 2 is 0.863 bits per heavy atom. The Hall–Kier alpha value is -5.01. The van der Waals surface area contributed by atoms with Crippen molar-refractivity contribution in [2.24, 2.45) is 0 Å². The second-order valence-corrected chi connectivity index (χ2v) is 16.8. The van der Waals surface area contributed by atoms with E-state index in [1.807, 2.05) is 0 Å². The van der Waals surface area contributed by atoms with Crippen LogP contribution in [-0.4, -0.2) is 19.9 Å². The summed E-state index contributed by atoms with van der Waals surface area (Å²) in [6.45, 7) is 13.5. The maximum atomic E-state index is 5.39. The lowest BCUT2D eigenvalue weighted by atomic mass is 9.86. The van der Waals surface area contributed by atoms with Crippen LogP contribution >= 0.6 is 22.6 Å². The van der Waals surface area contributed by atoms with Crippen LogP contribution in [0.15, 0.2) is 103 Å². The molecule has 2 N–H and O–H groups in total. The van der Waals surface area contributed by atoms with Crippen LogP contribution in [-0.2, 0) is 10.8 Å². The van der Waals surface area contributed by atoms with Gasteiger partial charge in [0.25, 0.3) is 0 Å². The van der Waals surface area contributed by atoms with E-state index in [9.17, 15) is 0 Å². The summed E-state index contributed by atoms with van der Waals surface area (Å²) < 4.78 is 1.19. The highest BCUT2D eigenvalue weighted by Gasteiger charge is 2.19. The van der Waals surface area contributed by atoms with Crippen LogP contribution in [0.5, 0.6) is 0 Å². The monoisotopic (exact) mass is 776 g/mol. The molecule has 3 aromatic carbocycles. The fourth-order valence-corrected chi connectivity index (χ4v) is 7.30. The molecule has 51 heavy (non-hydrogen) atoms. The summed E-state index contributed by atoms with van der Waals surface area (Å²) in [5.74, 6) is 0. The quantitative estimate of drug-likeness (QED) is 0.176. The van der Waals surface area contributed by atoms with Crippen LogP contribution in [0.1, 0.15) is 75.4 Å². The highest BCUT2D eigenvalue weighted by molar-refractivity contribution is 14.1. The number of aromatic nitrogens is 4. The average Bonchev–Trinajstić information content (AvgIpc) is 3.93. The Kier molecular flexibility index (Phi) is 8.22. The first-order valence-electron chi connectivity index (χ1n) is 17.5. The van der Waals surface area contributed by atoms with Gasteiger partial charge < -0.3 is 9.97 Å². The lowest BCUT2D eigenvalue weighted by Gasteiger charge is -2.19. The van der Waals surface area contributed by atoms with Gasteiger partial charge in [0.2, 0.25) is 0 Å². The van der Waals surface area contributed by atoms with Gasteiger partial charge >= 0.3 is 0 Å². The number of hydrogen-bond donors (Lipinski definition) is 2. The Labute approximate surface area is 313 Å². The molecule has 5 heteroatoms. The Morgan fingerprint density at radius 1 is 0.451 bits per heavy atom. The summed E-state index contributed by atoms with van der Waals surface area (Å²) in [6.07, 6.45) is 8.54. The molecule has 0 spiro atoms. The van der Waals surface area contributed by atoms with Gasteiger partial charge in [0, 0.05) is 42.3 Å². The molecule has 3 aromatic heterocycles. The predicted octanol–water partition coefficient (Wildman–Crippen LogP) is 12.9. The van der Waals surface area contributed by atoms with Gasteiger partial charge in [-0.25, -0.2) is 9.97 Å². The highest BCUT2D eigenvalue weighted by Crippen LogP contribution is 2.37. The largest absolute Gasteiger partial charge is 0.355 e. The first kappa shape index (κ1) is 33.2. The van der Waals surface area contributed by atoms with Gasteiger partial charge in [-0.05, 0) is 128 Å². The summed E-state index contributed by atoms with van der Waals surface area (Å²) in [5, 5.41) is 0. The van der Waals surface area contributed by atoms with Gasteiger partial charge in [-0.2, -0.15) is 0 Å². The van der Waals surface area contributed by atoms with Gasteiger partial charge in [0.1, 0.15) is 0 Å². The Balaban J connectivity index is 1.46. The van der Waals surface area contributed by atoms with Crippen molar-refractivity contribution in [3.05, 3.63) is 141 Å². The molecule has 0 saturated heterocycles. The number of nitrogens with zero attached hydrogens (tertiary/aromatic N) is 2. The van der Waals surface area contributed by atoms with E-state index in [0.717, 1.165) is 78.2 Å². The van der Waals surface area contributed by atoms with E-state index >= 15 is 0 Å². The normalized spacial score (nSPS) is 12.8. The van der Waals surface area contributed by atoms with E-state index < -0.39 is 0 Å². The third-order valence-corrected chi connectivity index (χ3v) is 10.5. The second kappa shape index (κ2) is 12.6. The van der Waals surface area contributed by atoms with Crippen LogP contribution in [0.4, 0.5) is 0 Å². The molecule has 0 atom stereocenters. The molecule has 4 nitrogen and oxygen atoms in total. The summed E-state index contributed by atoms with van der Waals surface area (Å²) in [6, 6.07) is 37.3. The molecule has 6 aromatic rings. The molecule has 0 fully saturated rings. The summed E-state index contributed by atoms with van der Waals surface area (Å²) in [4.78, 5) is 18.1. The summed E-state index contributed by atoms with van der Waals surface area (Å²) >= 11 is 2.37. The van der Waals surface area contributed by atoms with E-state index in [4.69, 9.17) is 9.97 Å². The van der Waals surface area contributed by atoms with Crippen LogP contribution in [0.25, 0.3) is 79.8 Å². The molecule has 0 saturated carbocycles. The van der Waals surface area contributed by atoms with E-state index in [1.165, 1.54) is 14.7 Å². The van der Waals surface area contributed by atoms with E-state index in [2.05, 4.69) is 202 Å². The van der Waals surface area contributed by atoms with Crippen molar-refractivity contribution in [3.63, 3.8) is 0 Å². The number of nitrogens with one attached hydrogen (secondary N) is 2. The molecule has 0 aliphatic carbocycles. The lowest BCUT2D eigenvalue weighted by Crippen LogP contribution is -2.10. The fraction of sp³-hybridized carbons (Fsp3) is 0.174. The first-order valence-corrected chi connectivity index (χ1v) is 18.6. The van der Waals surface area contributed by atoms with Gasteiger partial charge in [0.05, 0.1) is 22.8 Å². The highest BCUT2D eigenvalue weighted by atomic mass is 127. The zero-order valence-electron chi connectivity index (χ0n) is 29.9. The summed E-state index contributed by atoms with van der Waals surface area (Å²) in [7, 11) is 0. The van der Waals surface area contributed by atoms with Crippen molar-refractivity contribution in [1.82, 2.24) is 19.9 Å². The molecule has 252 valence electrons. The molecular weight excluding hydrogens is 735 g/mol. The maximum Gasteiger partial charge on any atom is 0.0737 e. The number of aromatic amines is 2. The number of fused-ring (bicyclic) bond motifs is 8. The lowest BCUT2D eigenvalue weighted by molar-refractivity contribution is 0.590. The fourth-order valence-electron chi connectivity index (χ4n) is 6.94. The SMILES string of the molecule is CC(C)(C)c1ccc(-c2c3nc(c(-c4ccc(I)cc4)c4ccc([nH]4)c(-c4ccc(C(C)(C)C)cc4)c4nc(cc5ccc2[nH]5)C=C4)C=C3)cc1. The van der Waals surface area contributed by atoms with Gasteiger partial charge in [-0.15, -0.1) is 0 Å². The Bertz CT molecular complexity index is 2460. The van der Waals surface area contributed by atoms with Crippen molar-refractivity contribution in [2.45, 2.75) is 52.4 Å². The molecule has 0 radical (unpaired) electrons. The third kappa shape index (κ3) is 6.51. The van der Waals surface area contributed by atoms with Crippen LogP contribution in [0.2, 0.25) is 0 Å². The van der Waals surface area contributed by atoms with Crippen molar-refractivity contribution in [1.29, 1.82) is 0 Å².